The smallest absolute Gasteiger partial charge is 0.166 e. The molecule has 35 heavy (non-hydrogen) atoms. The van der Waals surface area contributed by atoms with Crippen molar-refractivity contribution in [3.05, 3.63) is 0 Å². The van der Waals surface area contributed by atoms with Crippen molar-refractivity contribution in [2.45, 2.75) is 127 Å². The van der Waals surface area contributed by atoms with Crippen LogP contribution in [-0.4, -0.2) is 66.0 Å². The minimum atomic E-state index is -1.10. The van der Waals surface area contributed by atoms with E-state index in [-0.39, 0.29) is 47.4 Å². The van der Waals surface area contributed by atoms with Crippen LogP contribution in [0.1, 0.15) is 85.0 Å². The lowest BCUT2D eigenvalue weighted by Crippen LogP contribution is -2.63. The maximum atomic E-state index is 12.3. The van der Waals surface area contributed by atoms with Gasteiger partial charge < -0.3 is 34.9 Å². The van der Waals surface area contributed by atoms with E-state index in [0.29, 0.717) is 30.8 Å². The summed E-state index contributed by atoms with van der Waals surface area (Å²) in [7, 11) is 1.72. The second-order valence-corrected chi connectivity index (χ2v) is 13.4. The predicted molar refractivity (Wildman–Crippen MR) is 130 cm³/mol. The molecule has 2 heterocycles. The molecule has 0 unspecified atom stereocenters. The first-order valence-corrected chi connectivity index (χ1v) is 14.2. The lowest BCUT2D eigenvalue weighted by Gasteiger charge is -2.63. The standard InChI is InChI=1S/C28H47NO6/c1-16-24(29)21(32-4)14-23(34-16)35-18-7-10-25(2)17(13-18)5-6-20-19(25)8-11-27-15-33-26(3,30)22(27)9-12-28(20,27)31/h16-24,30-31H,5-15,29H2,1-4H3/t16-,17-,18-,19+,20-,21+,22+,23+,24+,25+,26+,27-,28-/m0/s1. The highest BCUT2D eigenvalue weighted by Crippen LogP contribution is 2.72. The molecule has 0 radical (unpaired) electrons. The number of aliphatic hydroxyl groups is 2. The Morgan fingerprint density at radius 3 is 2.51 bits per heavy atom. The molecular formula is C28H47NO6. The van der Waals surface area contributed by atoms with Gasteiger partial charge in [-0.05, 0) is 94.8 Å². The topological polar surface area (TPSA) is 103 Å². The molecule has 200 valence electrons. The largest absolute Gasteiger partial charge is 0.389 e. The fraction of sp³-hybridized carbons (Fsp3) is 1.00. The monoisotopic (exact) mass is 493 g/mol. The van der Waals surface area contributed by atoms with Crippen molar-refractivity contribution in [3.8, 4) is 0 Å². The van der Waals surface area contributed by atoms with E-state index in [1.165, 1.54) is 0 Å². The third kappa shape index (κ3) is 3.48. The Morgan fingerprint density at radius 2 is 1.74 bits per heavy atom. The van der Waals surface area contributed by atoms with Gasteiger partial charge in [-0.25, -0.2) is 0 Å². The van der Waals surface area contributed by atoms with Gasteiger partial charge in [-0.3, -0.25) is 0 Å². The SMILES string of the molecule is CO[C@@H]1C[C@@H](O[C@H]2CC[C@]3(C)[C@@H](CC[C@H]4[C@H]3CC[C@]35CO[C@@](C)(O)[C@H]3CC[C@]45O)C2)O[C@@H](C)[C@H]1N. The van der Waals surface area contributed by atoms with E-state index in [9.17, 15) is 10.2 Å². The van der Waals surface area contributed by atoms with Crippen molar-refractivity contribution in [2.75, 3.05) is 13.7 Å². The minimum absolute atomic E-state index is 0.0288. The van der Waals surface area contributed by atoms with Crippen molar-refractivity contribution in [3.63, 3.8) is 0 Å². The Balaban J connectivity index is 1.15. The van der Waals surface area contributed by atoms with Gasteiger partial charge in [-0.15, -0.1) is 0 Å². The average molecular weight is 494 g/mol. The molecule has 6 rings (SSSR count). The second kappa shape index (κ2) is 8.36. The van der Waals surface area contributed by atoms with Crippen LogP contribution < -0.4 is 5.73 Å². The summed E-state index contributed by atoms with van der Waals surface area (Å²) in [6, 6.07) is -0.116. The highest BCUT2D eigenvalue weighted by molar-refractivity contribution is 5.21. The fourth-order valence-electron chi connectivity index (χ4n) is 10.2. The van der Waals surface area contributed by atoms with Crippen LogP contribution in [-0.2, 0) is 18.9 Å². The van der Waals surface area contributed by atoms with Gasteiger partial charge in [0.15, 0.2) is 12.1 Å². The normalized spacial score (nSPS) is 59.9. The quantitative estimate of drug-likeness (QED) is 0.518. The summed E-state index contributed by atoms with van der Waals surface area (Å²) in [6.45, 7) is 6.82. The molecule has 0 aromatic rings. The molecule has 0 aromatic heterocycles. The number of ether oxygens (including phenoxy) is 4. The van der Waals surface area contributed by atoms with E-state index < -0.39 is 11.4 Å². The van der Waals surface area contributed by atoms with Gasteiger partial charge in [0.25, 0.3) is 0 Å². The number of methoxy groups -OCH3 is 1. The molecule has 6 fully saturated rings. The van der Waals surface area contributed by atoms with Gasteiger partial charge in [0, 0.05) is 24.9 Å². The van der Waals surface area contributed by atoms with Crippen LogP contribution in [0.4, 0.5) is 0 Å². The zero-order valence-electron chi connectivity index (χ0n) is 22.1. The van der Waals surface area contributed by atoms with E-state index in [1.807, 2.05) is 13.8 Å². The van der Waals surface area contributed by atoms with Crippen LogP contribution in [0.25, 0.3) is 0 Å². The van der Waals surface area contributed by atoms with Gasteiger partial charge in [0.2, 0.25) is 0 Å². The summed E-state index contributed by atoms with van der Waals surface area (Å²) >= 11 is 0. The Morgan fingerprint density at radius 1 is 0.943 bits per heavy atom. The molecule has 2 saturated heterocycles. The molecule has 2 aliphatic heterocycles. The number of rotatable bonds is 3. The summed E-state index contributed by atoms with van der Waals surface area (Å²) < 4.78 is 24.2. The van der Waals surface area contributed by atoms with Crippen molar-refractivity contribution in [2.24, 2.45) is 40.2 Å². The third-order valence-corrected chi connectivity index (χ3v) is 12.2. The van der Waals surface area contributed by atoms with Crippen molar-refractivity contribution in [1.82, 2.24) is 0 Å². The van der Waals surface area contributed by atoms with Gasteiger partial charge in [-0.2, -0.15) is 0 Å². The summed E-state index contributed by atoms with van der Waals surface area (Å²) in [5, 5.41) is 23.2. The Labute approximate surface area is 210 Å². The first-order chi connectivity index (χ1) is 16.5. The first-order valence-electron chi connectivity index (χ1n) is 14.2. The van der Waals surface area contributed by atoms with Crippen LogP contribution in [0.2, 0.25) is 0 Å². The lowest BCUT2D eigenvalue weighted by atomic mass is 9.43. The molecule has 4 N–H and O–H groups in total. The summed E-state index contributed by atoms with van der Waals surface area (Å²) in [5.41, 5.74) is 5.50. The third-order valence-electron chi connectivity index (χ3n) is 12.2. The first kappa shape index (κ1) is 25.0. The Kier molecular flexibility index (Phi) is 5.98. The van der Waals surface area contributed by atoms with E-state index in [1.54, 1.807) is 7.11 Å². The molecule has 4 saturated carbocycles. The maximum absolute atomic E-state index is 12.3. The summed E-state index contributed by atoms with van der Waals surface area (Å²) in [6.07, 6.45) is 9.80. The van der Waals surface area contributed by atoms with E-state index >= 15 is 0 Å². The van der Waals surface area contributed by atoms with Gasteiger partial charge >= 0.3 is 0 Å². The van der Waals surface area contributed by atoms with Crippen LogP contribution in [0, 0.1) is 34.5 Å². The van der Waals surface area contributed by atoms with Crippen molar-refractivity contribution >= 4 is 0 Å². The molecule has 0 amide bonds. The Hall–Kier alpha value is -0.280. The molecule has 4 aliphatic carbocycles. The van der Waals surface area contributed by atoms with Gasteiger partial charge in [-0.1, -0.05) is 6.92 Å². The molecule has 13 atom stereocenters. The predicted octanol–water partition coefficient (Wildman–Crippen LogP) is 3.34. The van der Waals surface area contributed by atoms with Crippen LogP contribution in [0.3, 0.4) is 0 Å². The van der Waals surface area contributed by atoms with Crippen molar-refractivity contribution in [1.29, 1.82) is 0 Å². The highest BCUT2D eigenvalue weighted by atomic mass is 16.7. The molecule has 6 aliphatic rings. The second-order valence-electron chi connectivity index (χ2n) is 13.4. The number of hydrogen-bond acceptors (Lipinski definition) is 7. The maximum Gasteiger partial charge on any atom is 0.166 e. The average Bonchev–Trinajstić information content (AvgIpc) is 3.28. The van der Waals surface area contributed by atoms with Gasteiger partial charge in [0.1, 0.15) is 0 Å². The zero-order valence-corrected chi connectivity index (χ0v) is 22.1. The zero-order chi connectivity index (χ0) is 24.8. The molecule has 0 bridgehead atoms. The highest BCUT2D eigenvalue weighted by Gasteiger charge is 2.74. The molecular weight excluding hydrogens is 446 g/mol. The van der Waals surface area contributed by atoms with Crippen LogP contribution in [0.15, 0.2) is 0 Å². The molecule has 7 nitrogen and oxygen atoms in total. The summed E-state index contributed by atoms with van der Waals surface area (Å²) in [5.74, 6) is 0.408. The molecule has 7 heteroatoms. The number of hydrogen-bond donors (Lipinski definition) is 3. The van der Waals surface area contributed by atoms with Gasteiger partial charge in [0.05, 0.1) is 36.6 Å². The van der Waals surface area contributed by atoms with E-state index in [4.69, 9.17) is 24.7 Å². The molecule has 0 aromatic carbocycles. The minimum Gasteiger partial charge on any atom is -0.389 e. The van der Waals surface area contributed by atoms with Crippen LogP contribution >= 0.6 is 0 Å². The fourth-order valence-corrected chi connectivity index (χ4v) is 10.2. The van der Waals surface area contributed by atoms with E-state index in [2.05, 4.69) is 6.92 Å². The van der Waals surface area contributed by atoms with Crippen LogP contribution in [0.5, 0.6) is 0 Å². The Bertz CT molecular complexity index is 823. The molecule has 1 spiro atoms. The number of fused-ring (bicyclic) bond motifs is 4. The van der Waals surface area contributed by atoms with Crippen molar-refractivity contribution < 1.29 is 29.2 Å². The number of nitrogens with two attached hydrogens (primary N) is 1. The lowest BCUT2D eigenvalue weighted by molar-refractivity contribution is -0.255. The van der Waals surface area contributed by atoms with E-state index in [0.717, 1.165) is 57.8 Å². The summed E-state index contributed by atoms with van der Waals surface area (Å²) in [4.78, 5) is 0.